The van der Waals surface area contributed by atoms with Gasteiger partial charge < -0.3 is 10.1 Å². The molecule has 176 valence electrons. The van der Waals surface area contributed by atoms with Crippen molar-refractivity contribution in [2.24, 2.45) is 23.7 Å². The van der Waals surface area contributed by atoms with Crippen LogP contribution in [0.1, 0.15) is 35.2 Å². The number of hydrogen-bond acceptors (Lipinski definition) is 5. The number of anilines is 2. The third kappa shape index (κ3) is 3.92. The molecule has 0 aromatic heterocycles. The third-order valence-corrected chi connectivity index (χ3v) is 8.34. The van der Waals surface area contributed by atoms with Crippen LogP contribution in [0.25, 0.3) is 0 Å². The van der Waals surface area contributed by atoms with Crippen LogP contribution in [-0.2, 0) is 19.1 Å². The van der Waals surface area contributed by atoms with E-state index in [-0.39, 0.29) is 41.0 Å². The lowest BCUT2D eigenvalue weighted by molar-refractivity contribution is -0.123. The number of esters is 1. The van der Waals surface area contributed by atoms with Gasteiger partial charge in [0.2, 0.25) is 11.8 Å². The zero-order valence-corrected chi connectivity index (χ0v) is 20.7. The minimum Gasteiger partial charge on any atom is -0.452 e. The van der Waals surface area contributed by atoms with Crippen molar-refractivity contribution < 1.29 is 23.9 Å². The lowest BCUT2D eigenvalue weighted by atomic mass is 9.81. The van der Waals surface area contributed by atoms with Crippen molar-refractivity contribution in [1.29, 1.82) is 0 Å². The molecule has 1 saturated heterocycles. The molecule has 1 N–H and O–H groups in total. The second-order valence-electron chi connectivity index (χ2n) is 9.15. The van der Waals surface area contributed by atoms with E-state index in [0.29, 0.717) is 20.9 Å². The van der Waals surface area contributed by atoms with Gasteiger partial charge in [-0.2, -0.15) is 0 Å². The number of benzene rings is 2. The Morgan fingerprint density at radius 1 is 1.12 bits per heavy atom. The smallest absolute Gasteiger partial charge is 0.338 e. The molecule has 2 saturated carbocycles. The molecule has 1 heterocycles. The Balaban J connectivity index is 1.25. The SMILES string of the molecule is Cc1cc(Br)c(Cl)cc1NC(=O)COC(=O)c1cccc(N2C(=O)[C@@H]3[C@H]4CC[C@@H](C4)[C@H]3C2=O)c1. The standard InChI is InChI=1S/C25H22BrClN2O5/c1-12-7-17(26)18(27)10-19(12)28-20(30)11-34-25(33)15-3-2-4-16(9-15)29-23(31)21-13-5-6-14(8-13)22(21)24(29)32/h2-4,7,9-10,13-14,21-22H,5-6,8,11H2,1H3,(H,28,30)/t13-,14-,21+,22+/m0/s1. The van der Waals surface area contributed by atoms with Crippen LogP contribution in [0.3, 0.4) is 0 Å². The number of halogens is 2. The maximum Gasteiger partial charge on any atom is 0.338 e. The van der Waals surface area contributed by atoms with Crippen molar-refractivity contribution >= 4 is 62.6 Å². The molecule has 4 atom stereocenters. The Kier molecular flexibility index (Phi) is 5.98. The summed E-state index contributed by atoms with van der Waals surface area (Å²) in [6.45, 7) is 1.32. The summed E-state index contributed by atoms with van der Waals surface area (Å²) in [6, 6.07) is 9.62. The quantitative estimate of drug-likeness (QED) is 0.433. The highest BCUT2D eigenvalue weighted by molar-refractivity contribution is 9.10. The second-order valence-corrected chi connectivity index (χ2v) is 10.4. The van der Waals surface area contributed by atoms with E-state index in [4.69, 9.17) is 16.3 Å². The Morgan fingerprint density at radius 3 is 2.47 bits per heavy atom. The predicted molar refractivity (Wildman–Crippen MR) is 130 cm³/mol. The molecule has 0 spiro atoms. The highest BCUT2D eigenvalue weighted by Gasteiger charge is 2.61. The molecule has 34 heavy (non-hydrogen) atoms. The summed E-state index contributed by atoms with van der Waals surface area (Å²) in [5.74, 6) is -1.48. The number of aryl methyl sites for hydroxylation is 1. The number of nitrogens with one attached hydrogen (secondary N) is 1. The lowest BCUT2D eigenvalue weighted by Gasteiger charge is -2.19. The number of carbonyl (C=O) groups is 4. The summed E-state index contributed by atoms with van der Waals surface area (Å²) in [4.78, 5) is 52.2. The summed E-state index contributed by atoms with van der Waals surface area (Å²) in [5, 5.41) is 3.11. The number of carbonyl (C=O) groups excluding carboxylic acids is 4. The number of nitrogens with zero attached hydrogens (tertiary/aromatic N) is 1. The number of amides is 3. The minimum absolute atomic E-state index is 0.161. The van der Waals surface area contributed by atoms with Gasteiger partial charge in [0.25, 0.3) is 5.91 Å². The van der Waals surface area contributed by atoms with Crippen LogP contribution in [0.4, 0.5) is 11.4 Å². The summed E-state index contributed by atoms with van der Waals surface area (Å²) < 4.78 is 5.87. The lowest BCUT2D eigenvalue weighted by Crippen LogP contribution is -2.32. The van der Waals surface area contributed by atoms with Crippen molar-refractivity contribution in [3.63, 3.8) is 0 Å². The van der Waals surface area contributed by atoms with E-state index in [1.165, 1.54) is 17.0 Å². The first-order valence-corrected chi connectivity index (χ1v) is 12.3. The minimum atomic E-state index is -0.720. The van der Waals surface area contributed by atoms with Crippen molar-refractivity contribution in [2.75, 3.05) is 16.8 Å². The molecule has 3 fully saturated rings. The molecular formula is C25H22BrClN2O5. The Bertz CT molecular complexity index is 1200. The van der Waals surface area contributed by atoms with Gasteiger partial charge in [0, 0.05) is 10.2 Å². The molecule has 0 radical (unpaired) electrons. The van der Waals surface area contributed by atoms with Gasteiger partial charge in [0.1, 0.15) is 0 Å². The normalized spacial score (nSPS) is 25.0. The van der Waals surface area contributed by atoms with Crippen molar-refractivity contribution in [3.05, 3.63) is 57.0 Å². The van der Waals surface area contributed by atoms with Crippen LogP contribution in [0, 0.1) is 30.6 Å². The fourth-order valence-corrected chi connectivity index (χ4v) is 6.24. The topological polar surface area (TPSA) is 92.8 Å². The first-order valence-electron chi connectivity index (χ1n) is 11.1. The van der Waals surface area contributed by atoms with Gasteiger partial charge in [-0.05, 0) is 89.8 Å². The van der Waals surface area contributed by atoms with Crippen molar-refractivity contribution in [2.45, 2.75) is 26.2 Å². The second kappa shape index (κ2) is 8.82. The molecule has 3 aliphatic rings. The van der Waals surface area contributed by atoms with Gasteiger partial charge in [-0.15, -0.1) is 0 Å². The van der Waals surface area contributed by atoms with E-state index in [1.807, 2.05) is 6.92 Å². The van der Waals surface area contributed by atoms with Gasteiger partial charge in [-0.3, -0.25) is 19.3 Å². The molecule has 2 bridgehead atoms. The molecule has 0 unspecified atom stereocenters. The highest BCUT2D eigenvalue weighted by atomic mass is 79.9. The average molecular weight is 546 g/mol. The number of fused-ring (bicyclic) bond motifs is 5. The van der Waals surface area contributed by atoms with Gasteiger partial charge >= 0.3 is 5.97 Å². The Labute approximate surface area is 209 Å². The van der Waals surface area contributed by atoms with Crippen LogP contribution < -0.4 is 10.2 Å². The summed E-state index contributed by atoms with van der Waals surface area (Å²) in [6.07, 6.45) is 2.96. The fraction of sp³-hybridized carbons (Fsp3) is 0.360. The van der Waals surface area contributed by atoms with Gasteiger partial charge in [0.15, 0.2) is 6.61 Å². The monoisotopic (exact) mass is 544 g/mol. The van der Waals surface area contributed by atoms with Crippen LogP contribution in [0.2, 0.25) is 5.02 Å². The van der Waals surface area contributed by atoms with Gasteiger partial charge in [-0.1, -0.05) is 17.7 Å². The van der Waals surface area contributed by atoms with Crippen LogP contribution in [0.15, 0.2) is 40.9 Å². The predicted octanol–water partition coefficient (Wildman–Crippen LogP) is 4.74. The average Bonchev–Trinajstić information content (AvgIpc) is 3.49. The molecule has 7 nitrogen and oxygen atoms in total. The van der Waals surface area contributed by atoms with Crippen LogP contribution >= 0.6 is 27.5 Å². The summed E-state index contributed by atoms with van der Waals surface area (Å²) >= 11 is 9.40. The molecule has 3 amide bonds. The van der Waals surface area contributed by atoms with Crippen LogP contribution in [-0.4, -0.2) is 30.3 Å². The van der Waals surface area contributed by atoms with Crippen molar-refractivity contribution in [1.82, 2.24) is 0 Å². The third-order valence-electron chi connectivity index (χ3n) is 7.14. The maximum absolute atomic E-state index is 13.1. The van der Waals surface area contributed by atoms with E-state index in [2.05, 4.69) is 21.2 Å². The van der Waals surface area contributed by atoms with Gasteiger partial charge in [0.05, 0.1) is 28.1 Å². The number of imide groups is 1. The molecule has 2 aromatic rings. The van der Waals surface area contributed by atoms with Crippen molar-refractivity contribution in [3.8, 4) is 0 Å². The first kappa shape index (κ1) is 23.1. The number of rotatable bonds is 5. The molecular weight excluding hydrogens is 524 g/mol. The largest absolute Gasteiger partial charge is 0.452 e. The molecule has 2 aromatic carbocycles. The summed E-state index contributed by atoms with van der Waals surface area (Å²) in [5.41, 5.74) is 1.83. The van der Waals surface area contributed by atoms with E-state index in [0.717, 1.165) is 24.8 Å². The van der Waals surface area contributed by atoms with Gasteiger partial charge in [-0.25, -0.2) is 4.79 Å². The molecule has 1 aliphatic heterocycles. The highest BCUT2D eigenvalue weighted by Crippen LogP contribution is 2.56. The maximum atomic E-state index is 13.1. The van der Waals surface area contributed by atoms with E-state index < -0.39 is 18.5 Å². The zero-order chi connectivity index (χ0) is 24.1. The molecule has 5 rings (SSSR count). The van der Waals surface area contributed by atoms with E-state index >= 15 is 0 Å². The zero-order valence-electron chi connectivity index (χ0n) is 18.3. The van der Waals surface area contributed by atoms with Crippen LogP contribution in [0.5, 0.6) is 0 Å². The molecule has 2 aliphatic carbocycles. The fourth-order valence-electron chi connectivity index (χ4n) is 5.62. The van der Waals surface area contributed by atoms with E-state index in [9.17, 15) is 19.2 Å². The molecule has 9 heteroatoms. The van der Waals surface area contributed by atoms with E-state index in [1.54, 1.807) is 24.3 Å². The number of hydrogen-bond donors (Lipinski definition) is 1. The Hall–Kier alpha value is -2.71. The number of ether oxygens (including phenoxy) is 1. The Morgan fingerprint density at radius 2 is 1.79 bits per heavy atom. The summed E-state index contributed by atoms with van der Waals surface area (Å²) in [7, 11) is 0. The first-order chi connectivity index (χ1) is 16.2.